The second-order valence-electron chi connectivity index (χ2n) is 4.77. The lowest BCUT2D eigenvalue weighted by atomic mass is 10.2. The first kappa shape index (κ1) is 14.3. The molecule has 0 aromatic heterocycles. The summed E-state index contributed by atoms with van der Waals surface area (Å²) in [5.41, 5.74) is 2.20. The van der Waals surface area contributed by atoms with Crippen LogP contribution >= 0.6 is 0 Å². The molecule has 0 aliphatic carbocycles. The van der Waals surface area contributed by atoms with E-state index in [1.54, 1.807) is 19.2 Å². The van der Waals surface area contributed by atoms with Crippen LogP contribution in [0, 0.1) is 0 Å². The fourth-order valence-electron chi connectivity index (χ4n) is 2.38. The van der Waals surface area contributed by atoms with E-state index in [9.17, 15) is 8.42 Å². The molecule has 1 aliphatic heterocycles. The maximum atomic E-state index is 11.4. The molecule has 5 nitrogen and oxygen atoms in total. The van der Waals surface area contributed by atoms with Gasteiger partial charge >= 0.3 is 0 Å². The van der Waals surface area contributed by atoms with Gasteiger partial charge in [0.15, 0.2) is 0 Å². The number of methoxy groups -OCH3 is 1. The van der Waals surface area contributed by atoms with Crippen molar-refractivity contribution in [3.8, 4) is 0 Å². The van der Waals surface area contributed by atoms with E-state index >= 15 is 0 Å². The van der Waals surface area contributed by atoms with Crippen molar-refractivity contribution in [2.75, 3.05) is 31.7 Å². The van der Waals surface area contributed by atoms with Gasteiger partial charge < -0.3 is 9.64 Å². The number of hydrogen-bond donors (Lipinski definition) is 1. The lowest BCUT2D eigenvalue weighted by Crippen LogP contribution is -2.22. The van der Waals surface area contributed by atoms with Gasteiger partial charge in [0.1, 0.15) is 0 Å². The van der Waals surface area contributed by atoms with Crippen molar-refractivity contribution in [2.24, 2.45) is 5.14 Å². The number of hydrogen-bond acceptors (Lipinski definition) is 4. The van der Waals surface area contributed by atoms with E-state index in [1.165, 1.54) is 5.56 Å². The Morgan fingerprint density at radius 2 is 2.16 bits per heavy atom. The van der Waals surface area contributed by atoms with Crippen molar-refractivity contribution in [1.82, 2.24) is 0 Å². The van der Waals surface area contributed by atoms with Crippen LogP contribution in [0.2, 0.25) is 0 Å². The number of rotatable bonds is 6. The Balaban J connectivity index is 2.10. The van der Waals surface area contributed by atoms with Gasteiger partial charge in [-0.3, -0.25) is 0 Å². The highest BCUT2D eigenvalue weighted by atomic mass is 32.2. The number of anilines is 1. The third-order valence-corrected chi connectivity index (χ3v) is 4.31. The van der Waals surface area contributed by atoms with E-state index in [0.717, 1.165) is 44.6 Å². The highest BCUT2D eigenvalue weighted by Crippen LogP contribution is 2.30. The summed E-state index contributed by atoms with van der Waals surface area (Å²) in [7, 11) is -1.93. The van der Waals surface area contributed by atoms with E-state index in [1.807, 2.05) is 6.07 Å². The number of benzene rings is 1. The summed E-state index contributed by atoms with van der Waals surface area (Å²) in [5, 5.41) is 5.17. The second kappa shape index (κ2) is 5.90. The summed E-state index contributed by atoms with van der Waals surface area (Å²) in [6.45, 7) is 2.62. The van der Waals surface area contributed by atoms with Crippen LogP contribution in [0.1, 0.15) is 18.4 Å². The van der Waals surface area contributed by atoms with Crippen molar-refractivity contribution in [1.29, 1.82) is 0 Å². The molecule has 0 saturated carbocycles. The molecule has 1 aromatic rings. The Labute approximate surface area is 114 Å². The SMILES string of the molecule is COCCCCN1CCc2ccc(S(N)(=O)=O)cc21. The fourth-order valence-corrected chi connectivity index (χ4v) is 2.92. The zero-order valence-electron chi connectivity index (χ0n) is 11.1. The molecule has 0 fully saturated rings. The van der Waals surface area contributed by atoms with Crippen LogP contribution in [0.5, 0.6) is 0 Å². The molecule has 2 N–H and O–H groups in total. The zero-order valence-corrected chi connectivity index (χ0v) is 11.9. The molecule has 106 valence electrons. The van der Waals surface area contributed by atoms with Gasteiger partial charge in [0.2, 0.25) is 10.0 Å². The lowest BCUT2D eigenvalue weighted by Gasteiger charge is -2.19. The monoisotopic (exact) mass is 284 g/mol. The van der Waals surface area contributed by atoms with Gasteiger partial charge in [-0.15, -0.1) is 0 Å². The van der Waals surface area contributed by atoms with Gasteiger partial charge in [-0.2, -0.15) is 0 Å². The van der Waals surface area contributed by atoms with Crippen LogP contribution in [0.15, 0.2) is 23.1 Å². The van der Waals surface area contributed by atoms with Crippen LogP contribution in [0.4, 0.5) is 5.69 Å². The van der Waals surface area contributed by atoms with E-state index in [2.05, 4.69) is 4.90 Å². The Morgan fingerprint density at radius 3 is 2.84 bits per heavy atom. The number of sulfonamides is 1. The quantitative estimate of drug-likeness (QED) is 0.795. The Kier molecular flexibility index (Phi) is 4.44. The van der Waals surface area contributed by atoms with Crippen LogP contribution < -0.4 is 10.0 Å². The van der Waals surface area contributed by atoms with E-state index in [4.69, 9.17) is 9.88 Å². The number of fused-ring (bicyclic) bond motifs is 1. The topological polar surface area (TPSA) is 72.6 Å². The third-order valence-electron chi connectivity index (χ3n) is 3.40. The molecule has 1 aliphatic rings. The normalized spacial score (nSPS) is 14.7. The Morgan fingerprint density at radius 1 is 1.37 bits per heavy atom. The largest absolute Gasteiger partial charge is 0.385 e. The molecule has 19 heavy (non-hydrogen) atoms. The minimum absolute atomic E-state index is 0.190. The lowest BCUT2D eigenvalue weighted by molar-refractivity contribution is 0.193. The van der Waals surface area contributed by atoms with E-state index in [-0.39, 0.29) is 4.90 Å². The summed E-state index contributed by atoms with van der Waals surface area (Å²) in [6.07, 6.45) is 3.01. The standard InChI is InChI=1S/C13H20N2O3S/c1-18-9-3-2-7-15-8-6-11-4-5-12(10-13(11)15)19(14,16)17/h4-5,10H,2-3,6-9H2,1H3,(H2,14,16,17). The molecule has 0 atom stereocenters. The van der Waals surface area contributed by atoms with Crippen molar-refractivity contribution >= 4 is 15.7 Å². The van der Waals surface area contributed by atoms with Crippen LogP contribution in [-0.4, -0.2) is 35.2 Å². The molecule has 6 heteroatoms. The molecule has 0 bridgehead atoms. The zero-order chi connectivity index (χ0) is 13.9. The van der Waals surface area contributed by atoms with Gasteiger partial charge in [-0.25, -0.2) is 13.6 Å². The highest BCUT2D eigenvalue weighted by Gasteiger charge is 2.21. The van der Waals surface area contributed by atoms with Gasteiger partial charge in [-0.1, -0.05) is 6.07 Å². The highest BCUT2D eigenvalue weighted by molar-refractivity contribution is 7.89. The molecular weight excluding hydrogens is 264 g/mol. The number of primary sulfonamides is 1. The summed E-state index contributed by atoms with van der Waals surface area (Å²) in [6, 6.07) is 5.14. The number of unbranched alkanes of at least 4 members (excludes halogenated alkanes) is 1. The van der Waals surface area contributed by atoms with Crippen molar-refractivity contribution in [3.05, 3.63) is 23.8 Å². The molecular formula is C13H20N2O3S. The molecule has 1 aromatic carbocycles. The minimum atomic E-state index is -3.62. The van der Waals surface area contributed by atoms with Gasteiger partial charge in [-0.05, 0) is 37.0 Å². The number of ether oxygens (including phenoxy) is 1. The van der Waals surface area contributed by atoms with Gasteiger partial charge in [0.25, 0.3) is 0 Å². The van der Waals surface area contributed by atoms with Crippen molar-refractivity contribution in [3.63, 3.8) is 0 Å². The molecule has 2 rings (SSSR count). The molecule has 1 heterocycles. The van der Waals surface area contributed by atoms with E-state index < -0.39 is 10.0 Å². The average molecular weight is 284 g/mol. The summed E-state index contributed by atoms with van der Waals surface area (Å²) in [5.74, 6) is 0. The average Bonchev–Trinajstić information content (AvgIpc) is 2.76. The molecule has 0 unspecified atom stereocenters. The van der Waals surface area contributed by atoms with Crippen molar-refractivity contribution < 1.29 is 13.2 Å². The smallest absolute Gasteiger partial charge is 0.238 e. The molecule has 0 saturated heterocycles. The number of nitrogens with zero attached hydrogens (tertiary/aromatic N) is 1. The first-order valence-electron chi connectivity index (χ1n) is 6.42. The van der Waals surface area contributed by atoms with Crippen molar-refractivity contribution in [2.45, 2.75) is 24.2 Å². The predicted octanol–water partition coefficient (Wildman–Crippen LogP) is 1.12. The summed E-state index contributed by atoms with van der Waals surface area (Å²) in [4.78, 5) is 2.41. The third kappa shape index (κ3) is 3.46. The molecule has 0 amide bonds. The number of nitrogens with two attached hydrogens (primary N) is 1. The molecule has 0 spiro atoms. The second-order valence-corrected chi connectivity index (χ2v) is 6.33. The first-order chi connectivity index (χ1) is 9.02. The summed E-state index contributed by atoms with van der Waals surface area (Å²) >= 11 is 0. The van der Waals surface area contributed by atoms with Crippen LogP contribution in [0.25, 0.3) is 0 Å². The summed E-state index contributed by atoms with van der Waals surface area (Å²) < 4.78 is 27.8. The maximum Gasteiger partial charge on any atom is 0.238 e. The van der Waals surface area contributed by atoms with Crippen LogP contribution in [-0.2, 0) is 21.2 Å². The Hall–Kier alpha value is -1.11. The maximum absolute atomic E-state index is 11.4. The van der Waals surface area contributed by atoms with Gasteiger partial charge in [0.05, 0.1) is 4.90 Å². The van der Waals surface area contributed by atoms with Crippen LogP contribution in [0.3, 0.4) is 0 Å². The van der Waals surface area contributed by atoms with Gasteiger partial charge in [0, 0.05) is 32.5 Å². The van der Waals surface area contributed by atoms with E-state index in [0.29, 0.717) is 0 Å². The molecule has 0 radical (unpaired) electrons. The fraction of sp³-hybridized carbons (Fsp3) is 0.538. The minimum Gasteiger partial charge on any atom is -0.385 e. The Bertz CT molecular complexity index is 543. The predicted molar refractivity (Wildman–Crippen MR) is 74.8 cm³/mol. The first-order valence-corrected chi connectivity index (χ1v) is 7.96.